The summed E-state index contributed by atoms with van der Waals surface area (Å²) >= 11 is 12.0. The van der Waals surface area contributed by atoms with E-state index < -0.39 is 10.0 Å². The van der Waals surface area contributed by atoms with Crippen molar-refractivity contribution in [1.82, 2.24) is 9.21 Å². The molecule has 0 bridgehead atoms. The van der Waals surface area contributed by atoms with Crippen molar-refractivity contribution in [3.8, 4) is 0 Å². The largest absolute Gasteiger partial charge is 0.343 e. The highest BCUT2D eigenvalue weighted by atomic mass is 35.5. The molecule has 110 valence electrons. The van der Waals surface area contributed by atoms with Gasteiger partial charge >= 0.3 is 0 Å². The second-order valence-electron chi connectivity index (χ2n) is 4.50. The topological polar surface area (TPSA) is 57.7 Å². The van der Waals surface area contributed by atoms with Gasteiger partial charge in [-0.2, -0.15) is 4.31 Å². The molecule has 1 aliphatic heterocycles. The number of amides is 1. The van der Waals surface area contributed by atoms with Crippen molar-refractivity contribution >= 4 is 39.6 Å². The van der Waals surface area contributed by atoms with Gasteiger partial charge in [0.05, 0.1) is 5.75 Å². The van der Waals surface area contributed by atoms with Gasteiger partial charge in [-0.05, 0) is 12.1 Å². The summed E-state index contributed by atoms with van der Waals surface area (Å²) in [6.45, 7) is 1.39. The number of halogens is 2. The van der Waals surface area contributed by atoms with Gasteiger partial charge in [0, 0.05) is 41.8 Å². The minimum Gasteiger partial charge on any atom is -0.343 e. The van der Waals surface area contributed by atoms with Crippen LogP contribution >= 0.6 is 23.2 Å². The molecule has 0 aromatic heterocycles. The molecule has 0 N–H and O–H groups in total. The highest BCUT2D eigenvalue weighted by molar-refractivity contribution is 7.88. The van der Waals surface area contributed by atoms with Crippen molar-refractivity contribution in [2.45, 2.75) is 5.75 Å². The molecule has 8 heteroatoms. The third kappa shape index (κ3) is 3.44. The second kappa shape index (κ2) is 6.30. The van der Waals surface area contributed by atoms with E-state index in [9.17, 15) is 13.2 Å². The maximum atomic E-state index is 12.4. The average molecular weight is 337 g/mol. The molecule has 0 atom stereocenters. The van der Waals surface area contributed by atoms with Crippen LogP contribution in [0.1, 0.15) is 5.56 Å². The number of carbonyl (C=O) groups is 1. The zero-order chi connectivity index (χ0) is 14.8. The van der Waals surface area contributed by atoms with Gasteiger partial charge in [-0.15, -0.1) is 0 Å². The molecule has 1 saturated heterocycles. The lowest BCUT2D eigenvalue weighted by atomic mass is 10.2. The normalized spacial score (nSPS) is 17.2. The van der Waals surface area contributed by atoms with E-state index in [0.29, 0.717) is 41.8 Å². The van der Waals surface area contributed by atoms with Gasteiger partial charge in [0.25, 0.3) is 0 Å². The van der Waals surface area contributed by atoms with E-state index in [4.69, 9.17) is 23.2 Å². The van der Waals surface area contributed by atoms with Gasteiger partial charge in [-0.1, -0.05) is 29.3 Å². The highest BCUT2D eigenvalue weighted by Crippen LogP contribution is 2.27. The number of sulfonamides is 1. The minimum atomic E-state index is -3.49. The second-order valence-corrected chi connectivity index (χ2v) is 7.28. The molecule has 1 fully saturated rings. The van der Waals surface area contributed by atoms with Crippen LogP contribution in [-0.4, -0.2) is 50.2 Å². The van der Waals surface area contributed by atoms with Gasteiger partial charge in [0.2, 0.25) is 16.4 Å². The summed E-state index contributed by atoms with van der Waals surface area (Å²) in [6.07, 6.45) is 0.731. The van der Waals surface area contributed by atoms with E-state index in [-0.39, 0.29) is 5.75 Å². The zero-order valence-corrected chi connectivity index (χ0v) is 13.0. The molecule has 0 unspecified atom stereocenters. The summed E-state index contributed by atoms with van der Waals surface area (Å²) in [5.74, 6) is -0.230. The molecule has 0 aliphatic carbocycles. The predicted octanol–water partition coefficient (Wildman–Crippen LogP) is 1.60. The fourth-order valence-corrected chi connectivity index (χ4v) is 4.30. The monoisotopic (exact) mass is 336 g/mol. The molecule has 0 radical (unpaired) electrons. The minimum absolute atomic E-state index is 0.230. The molecular formula is C12H14Cl2N2O3S. The van der Waals surface area contributed by atoms with Crippen molar-refractivity contribution in [2.24, 2.45) is 0 Å². The van der Waals surface area contributed by atoms with Crippen LogP contribution in [0, 0.1) is 0 Å². The van der Waals surface area contributed by atoms with E-state index >= 15 is 0 Å². The Morgan fingerprint density at radius 2 is 1.65 bits per heavy atom. The van der Waals surface area contributed by atoms with Crippen molar-refractivity contribution in [1.29, 1.82) is 0 Å². The standard InChI is InChI=1S/C12H14Cl2N2O3S/c13-11-2-1-3-12(14)10(11)8-20(18,19)16-6-4-15(9-17)5-7-16/h1-3,9H,4-8H2. The van der Waals surface area contributed by atoms with Crippen molar-refractivity contribution in [3.63, 3.8) is 0 Å². The Labute approximate surface area is 128 Å². The molecule has 1 aromatic carbocycles. The number of hydrogen-bond donors (Lipinski definition) is 0. The highest BCUT2D eigenvalue weighted by Gasteiger charge is 2.27. The van der Waals surface area contributed by atoms with Crippen molar-refractivity contribution < 1.29 is 13.2 Å². The van der Waals surface area contributed by atoms with Crippen LogP contribution in [0.4, 0.5) is 0 Å². The Hall–Kier alpha value is -0.820. The van der Waals surface area contributed by atoms with Crippen LogP contribution in [0.5, 0.6) is 0 Å². The van der Waals surface area contributed by atoms with Gasteiger partial charge in [-0.3, -0.25) is 4.79 Å². The fourth-order valence-electron chi connectivity index (χ4n) is 2.03. The quantitative estimate of drug-likeness (QED) is 0.784. The molecule has 5 nitrogen and oxygen atoms in total. The van der Waals surface area contributed by atoms with E-state index in [0.717, 1.165) is 6.41 Å². The van der Waals surface area contributed by atoms with E-state index in [2.05, 4.69) is 0 Å². The first kappa shape index (κ1) is 15.6. The molecule has 1 heterocycles. The van der Waals surface area contributed by atoms with E-state index in [1.54, 1.807) is 23.1 Å². The molecule has 1 aliphatic rings. The SMILES string of the molecule is O=CN1CCN(S(=O)(=O)Cc2c(Cl)cccc2Cl)CC1. The Bertz CT molecular complexity index is 578. The van der Waals surface area contributed by atoms with Crippen LogP contribution in [-0.2, 0) is 20.6 Å². The summed E-state index contributed by atoms with van der Waals surface area (Å²) in [6, 6.07) is 4.90. The van der Waals surface area contributed by atoms with E-state index in [1.165, 1.54) is 4.31 Å². The lowest BCUT2D eigenvalue weighted by Gasteiger charge is -2.31. The van der Waals surface area contributed by atoms with Gasteiger partial charge in [-0.25, -0.2) is 8.42 Å². The molecule has 20 heavy (non-hydrogen) atoms. The first-order valence-electron chi connectivity index (χ1n) is 6.04. The Morgan fingerprint density at radius 1 is 1.10 bits per heavy atom. The predicted molar refractivity (Wildman–Crippen MR) is 78.3 cm³/mol. The van der Waals surface area contributed by atoms with Crippen LogP contribution in [0.15, 0.2) is 18.2 Å². The Kier molecular flexibility index (Phi) is 4.90. The van der Waals surface area contributed by atoms with Crippen molar-refractivity contribution in [3.05, 3.63) is 33.8 Å². The maximum Gasteiger partial charge on any atom is 0.218 e. The van der Waals surface area contributed by atoms with Gasteiger partial charge in [0.1, 0.15) is 0 Å². The molecule has 0 saturated carbocycles. The first-order chi connectivity index (χ1) is 9.44. The van der Waals surface area contributed by atoms with Crippen molar-refractivity contribution in [2.75, 3.05) is 26.2 Å². The molecule has 0 spiro atoms. The summed E-state index contributed by atoms with van der Waals surface area (Å²) in [7, 11) is -3.49. The van der Waals surface area contributed by atoms with Gasteiger partial charge in [0.15, 0.2) is 0 Å². The van der Waals surface area contributed by atoms with Gasteiger partial charge < -0.3 is 4.90 Å². The van der Waals surface area contributed by atoms with Crippen LogP contribution in [0.3, 0.4) is 0 Å². The van der Waals surface area contributed by atoms with Crippen LogP contribution < -0.4 is 0 Å². The summed E-state index contributed by atoms with van der Waals surface area (Å²) in [5, 5.41) is 0.681. The number of rotatable bonds is 4. The lowest BCUT2D eigenvalue weighted by Crippen LogP contribution is -2.48. The maximum absolute atomic E-state index is 12.4. The average Bonchev–Trinajstić information content (AvgIpc) is 2.43. The number of piperazine rings is 1. The van der Waals surface area contributed by atoms with E-state index in [1.807, 2.05) is 0 Å². The molecule has 2 rings (SSSR count). The Morgan fingerprint density at radius 3 is 2.15 bits per heavy atom. The number of carbonyl (C=O) groups excluding carboxylic acids is 1. The molecule has 1 amide bonds. The van der Waals surface area contributed by atoms with Crippen LogP contribution in [0.25, 0.3) is 0 Å². The zero-order valence-electron chi connectivity index (χ0n) is 10.6. The number of hydrogen-bond acceptors (Lipinski definition) is 3. The third-order valence-electron chi connectivity index (χ3n) is 3.20. The summed E-state index contributed by atoms with van der Waals surface area (Å²) < 4.78 is 26.1. The third-order valence-corrected chi connectivity index (χ3v) is 5.72. The summed E-state index contributed by atoms with van der Waals surface area (Å²) in [4.78, 5) is 12.2. The first-order valence-corrected chi connectivity index (χ1v) is 8.40. The summed E-state index contributed by atoms with van der Waals surface area (Å²) in [5.41, 5.74) is 0.411. The fraction of sp³-hybridized carbons (Fsp3) is 0.417. The van der Waals surface area contributed by atoms with Crippen LogP contribution in [0.2, 0.25) is 10.0 Å². The number of benzene rings is 1. The lowest BCUT2D eigenvalue weighted by molar-refractivity contribution is -0.119. The Balaban J connectivity index is 2.14. The number of nitrogens with zero attached hydrogens (tertiary/aromatic N) is 2. The smallest absolute Gasteiger partial charge is 0.218 e. The molecular weight excluding hydrogens is 323 g/mol. The molecule has 1 aromatic rings.